The monoisotopic (exact) mass is 566 g/mol. The van der Waals surface area contributed by atoms with E-state index in [0.29, 0.717) is 5.56 Å². The highest BCUT2D eigenvalue weighted by molar-refractivity contribution is 6.20. The van der Waals surface area contributed by atoms with E-state index in [2.05, 4.69) is 96.3 Å². The second-order valence-electron chi connectivity index (χ2n) is 10.9. The van der Waals surface area contributed by atoms with Crippen molar-refractivity contribution in [1.29, 1.82) is 5.26 Å². The molecule has 0 fully saturated rings. The van der Waals surface area contributed by atoms with Crippen molar-refractivity contribution in [3.8, 4) is 17.2 Å². The molecule has 44 heavy (non-hydrogen) atoms. The molecule has 0 aromatic heterocycles. The fourth-order valence-corrected chi connectivity index (χ4v) is 5.92. The van der Waals surface area contributed by atoms with Crippen molar-refractivity contribution in [1.82, 2.24) is 5.32 Å². The van der Waals surface area contributed by atoms with Crippen molar-refractivity contribution < 1.29 is 0 Å². The van der Waals surface area contributed by atoms with E-state index in [-0.39, 0.29) is 0 Å². The molecule has 7 aromatic carbocycles. The summed E-state index contributed by atoms with van der Waals surface area (Å²) in [6.07, 6.45) is 1.16. The summed E-state index contributed by atoms with van der Waals surface area (Å²) in [5, 5.41) is 19.9. The van der Waals surface area contributed by atoms with E-state index in [9.17, 15) is 5.26 Å². The fraction of sp³-hybridized carbons (Fsp3) is 0.0500. The predicted octanol–water partition coefficient (Wildman–Crippen LogP) is 9.05. The zero-order chi connectivity index (χ0) is 29.9. The van der Waals surface area contributed by atoms with Crippen molar-refractivity contribution in [2.45, 2.75) is 12.3 Å². The van der Waals surface area contributed by atoms with Crippen molar-refractivity contribution >= 4 is 38.5 Å². The maximum Gasteiger partial charge on any atom is 0.127 e. The molecule has 0 radical (unpaired) electrons. The third-order valence-electron chi connectivity index (χ3n) is 8.21. The van der Waals surface area contributed by atoms with Gasteiger partial charge >= 0.3 is 0 Å². The summed E-state index contributed by atoms with van der Waals surface area (Å²) in [4.78, 5) is 5.21. The molecule has 7 rings (SSSR count). The van der Waals surface area contributed by atoms with Crippen LogP contribution in [0.15, 0.2) is 151 Å². The van der Waals surface area contributed by atoms with Crippen LogP contribution in [0.4, 0.5) is 0 Å². The van der Waals surface area contributed by atoms with Crippen LogP contribution in [0.5, 0.6) is 0 Å². The van der Waals surface area contributed by atoms with E-state index in [0.717, 1.165) is 38.6 Å². The number of nitrogens with one attached hydrogen (secondary N) is 1. The number of nitrogens with two attached hydrogens (primary N) is 1. The summed E-state index contributed by atoms with van der Waals surface area (Å²) in [6.45, 7) is 0. The molecule has 0 saturated heterocycles. The smallest absolute Gasteiger partial charge is 0.127 e. The summed E-state index contributed by atoms with van der Waals surface area (Å²) in [5.41, 5.74) is 12.5. The number of rotatable bonds is 7. The lowest BCUT2D eigenvalue weighted by Crippen LogP contribution is -2.31. The molecule has 4 heteroatoms. The molecule has 2 unspecified atom stereocenters. The highest BCUT2D eigenvalue weighted by Gasteiger charge is 2.16. The minimum Gasteiger partial charge on any atom is -0.312 e. The molecule has 7 aromatic rings. The Bertz CT molecular complexity index is 2180. The van der Waals surface area contributed by atoms with Crippen LogP contribution in [0, 0.1) is 11.3 Å². The lowest BCUT2D eigenvalue weighted by atomic mass is 9.94. The molecule has 210 valence electrons. The molecule has 0 aliphatic heterocycles. The van der Waals surface area contributed by atoms with Gasteiger partial charge in [0.05, 0.1) is 17.8 Å². The molecule has 3 N–H and O–H groups in total. The number of benzene rings is 7. The van der Waals surface area contributed by atoms with E-state index >= 15 is 0 Å². The molecular weight excluding hydrogens is 536 g/mol. The topological polar surface area (TPSA) is 74.2 Å². The van der Waals surface area contributed by atoms with Crippen LogP contribution >= 0.6 is 0 Å². The van der Waals surface area contributed by atoms with Crippen LogP contribution in [0.25, 0.3) is 43.4 Å². The van der Waals surface area contributed by atoms with Crippen LogP contribution in [-0.4, -0.2) is 6.21 Å². The SMILES string of the molecule is N#Cc1ccc(-c2cccc(C(N=Cc3c4ccccc4cc4c3ccc3ccccc34)NC(N)c3ccccc3)c2)cc1. The first-order chi connectivity index (χ1) is 21.7. The first-order valence-corrected chi connectivity index (χ1v) is 14.7. The number of aliphatic imine (C=N–C) groups is 1. The van der Waals surface area contributed by atoms with Gasteiger partial charge in [0.1, 0.15) is 6.17 Å². The molecule has 0 spiro atoms. The second kappa shape index (κ2) is 11.9. The standard InChI is InChI=1S/C40H30N4/c41-25-27-17-19-28(20-18-27)31-13-8-14-33(23-31)40(44-39(42)30-10-2-1-3-11-30)43-26-38-35-16-7-5-12-32(35)24-37-34-15-6-4-9-29(34)21-22-36(37)38/h1-24,26,39-40,44H,42H2. The molecule has 2 atom stereocenters. The summed E-state index contributed by atoms with van der Waals surface area (Å²) < 4.78 is 0. The Morgan fingerprint density at radius 1 is 0.591 bits per heavy atom. The van der Waals surface area contributed by atoms with E-state index in [1.165, 1.54) is 21.5 Å². The van der Waals surface area contributed by atoms with Gasteiger partial charge in [-0.1, -0.05) is 121 Å². The zero-order valence-corrected chi connectivity index (χ0v) is 24.1. The Labute approximate surface area is 256 Å². The van der Waals surface area contributed by atoms with E-state index in [4.69, 9.17) is 10.7 Å². The first kappa shape index (κ1) is 27.2. The van der Waals surface area contributed by atoms with Crippen LogP contribution < -0.4 is 11.1 Å². The number of hydrogen-bond donors (Lipinski definition) is 2. The molecule has 0 aliphatic rings. The second-order valence-corrected chi connectivity index (χ2v) is 10.9. The van der Waals surface area contributed by atoms with Crippen LogP contribution in [0.1, 0.15) is 34.6 Å². The molecule has 4 nitrogen and oxygen atoms in total. The van der Waals surface area contributed by atoms with Gasteiger partial charge in [-0.3, -0.25) is 10.3 Å². The van der Waals surface area contributed by atoms with Gasteiger partial charge in [0, 0.05) is 11.8 Å². The van der Waals surface area contributed by atoms with Gasteiger partial charge in [-0.05, 0) is 78.8 Å². The van der Waals surface area contributed by atoms with Gasteiger partial charge in [0.2, 0.25) is 0 Å². The minimum absolute atomic E-state index is 0.419. The number of nitrogens with zero attached hydrogens (tertiary/aromatic N) is 2. The van der Waals surface area contributed by atoms with Crippen molar-refractivity contribution in [3.63, 3.8) is 0 Å². The lowest BCUT2D eigenvalue weighted by Gasteiger charge is -2.22. The van der Waals surface area contributed by atoms with E-state index in [1.807, 2.05) is 66.9 Å². The molecule has 0 bridgehead atoms. The Morgan fingerprint density at radius 2 is 1.30 bits per heavy atom. The summed E-state index contributed by atoms with van der Waals surface area (Å²) in [6, 6.07) is 51.9. The van der Waals surface area contributed by atoms with Crippen LogP contribution in [0.2, 0.25) is 0 Å². The number of hydrogen-bond acceptors (Lipinski definition) is 4. The highest BCUT2D eigenvalue weighted by Crippen LogP contribution is 2.33. The minimum atomic E-state index is -0.426. The Hall–Kier alpha value is -5.60. The number of nitriles is 1. The maximum absolute atomic E-state index is 9.25. The zero-order valence-electron chi connectivity index (χ0n) is 24.1. The third-order valence-corrected chi connectivity index (χ3v) is 8.21. The van der Waals surface area contributed by atoms with Crippen LogP contribution in [-0.2, 0) is 0 Å². The van der Waals surface area contributed by atoms with Crippen molar-refractivity contribution in [2.24, 2.45) is 10.7 Å². The molecule has 0 saturated carbocycles. The van der Waals surface area contributed by atoms with Crippen LogP contribution in [0.3, 0.4) is 0 Å². The van der Waals surface area contributed by atoms with Gasteiger partial charge < -0.3 is 5.73 Å². The van der Waals surface area contributed by atoms with E-state index < -0.39 is 12.3 Å². The Balaban J connectivity index is 1.36. The third kappa shape index (κ3) is 5.34. The van der Waals surface area contributed by atoms with Gasteiger partial charge in [0.15, 0.2) is 0 Å². The van der Waals surface area contributed by atoms with Gasteiger partial charge in [0.25, 0.3) is 0 Å². The average molecular weight is 567 g/mol. The predicted molar refractivity (Wildman–Crippen MR) is 182 cm³/mol. The first-order valence-electron chi connectivity index (χ1n) is 14.7. The van der Waals surface area contributed by atoms with Gasteiger partial charge in [-0.25, -0.2) is 0 Å². The quantitative estimate of drug-likeness (QED) is 0.0875. The van der Waals surface area contributed by atoms with Crippen molar-refractivity contribution in [3.05, 3.63) is 168 Å². The normalized spacial score (nSPS) is 12.9. The van der Waals surface area contributed by atoms with E-state index in [1.54, 1.807) is 0 Å². The Kier molecular flexibility index (Phi) is 7.40. The molecule has 0 aliphatic carbocycles. The number of fused-ring (bicyclic) bond motifs is 4. The van der Waals surface area contributed by atoms with Gasteiger partial charge in [-0.15, -0.1) is 0 Å². The highest BCUT2D eigenvalue weighted by atomic mass is 15.1. The fourth-order valence-electron chi connectivity index (χ4n) is 5.92. The lowest BCUT2D eigenvalue weighted by molar-refractivity contribution is 0.467. The molecular formula is C40H30N4. The Morgan fingerprint density at radius 3 is 2.09 bits per heavy atom. The molecule has 0 heterocycles. The van der Waals surface area contributed by atoms with Gasteiger partial charge in [-0.2, -0.15) is 5.26 Å². The molecule has 0 amide bonds. The average Bonchev–Trinajstić information content (AvgIpc) is 3.09. The summed E-state index contributed by atoms with van der Waals surface area (Å²) in [5.74, 6) is 0. The van der Waals surface area contributed by atoms with Crippen molar-refractivity contribution in [2.75, 3.05) is 0 Å². The summed E-state index contributed by atoms with van der Waals surface area (Å²) >= 11 is 0. The maximum atomic E-state index is 9.25. The summed E-state index contributed by atoms with van der Waals surface area (Å²) in [7, 11) is 0. The largest absolute Gasteiger partial charge is 0.312 e.